The van der Waals surface area contributed by atoms with Crippen LogP contribution in [0.1, 0.15) is 28.7 Å². The maximum atomic E-state index is 13.3. The summed E-state index contributed by atoms with van der Waals surface area (Å²) in [7, 11) is 1.50. The highest BCUT2D eigenvalue weighted by atomic mass is 19.3. The number of hydrogen-bond donors (Lipinski definition) is 0. The van der Waals surface area contributed by atoms with Crippen LogP contribution in [0.3, 0.4) is 0 Å². The summed E-state index contributed by atoms with van der Waals surface area (Å²) in [4.78, 5) is 12.1. The van der Waals surface area contributed by atoms with E-state index in [1.165, 1.54) is 19.2 Å². The molecule has 0 aliphatic heterocycles. The Morgan fingerprint density at radius 2 is 1.92 bits per heavy atom. The number of ether oxygens (including phenoxy) is 1. The molecule has 0 N–H and O–H groups in total. The summed E-state index contributed by atoms with van der Waals surface area (Å²) in [5, 5.41) is 7.55. The van der Waals surface area contributed by atoms with Gasteiger partial charge in [-0.2, -0.15) is 9.36 Å². The largest absolute Gasteiger partial charge is 0.488 e. The third-order valence-corrected chi connectivity index (χ3v) is 4.11. The first-order chi connectivity index (χ1) is 12.4. The minimum atomic E-state index is -2.64. The maximum Gasteiger partial charge on any atom is 0.368 e. The van der Waals surface area contributed by atoms with E-state index in [4.69, 9.17) is 4.74 Å². The van der Waals surface area contributed by atoms with E-state index < -0.39 is 12.1 Å². The first-order valence-corrected chi connectivity index (χ1v) is 7.98. The van der Waals surface area contributed by atoms with Gasteiger partial charge in [0.2, 0.25) is 0 Å². The highest BCUT2D eigenvalue weighted by Crippen LogP contribution is 2.31. The predicted molar refractivity (Wildman–Crippen MR) is 91.8 cm³/mol. The van der Waals surface area contributed by atoms with Crippen LogP contribution in [-0.4, -0.2) is 19.8 Å². The Hall–Kier alpha value is -3.03. The normalized spacial score (nSPS) is 11.2. The van der Waals surface area contributed by atoms with Crippen molar-refractivity contribution in [2.24, 2.45) is 7.05 Å². The van der Waals surface area contributed by atoms with E-state index in [0.717, 1.165) is 20.5 Å². The van der Waals surface area contributed by atoms with Crippen LogP contribution in [0, 0.1) is 13.8 Å². The van der Waals surface area contributed by atoms with Gasteiger partial charge in [-0.15, -0.1) is 0 Å². The van der Waals surface area contributed by atoms with Gasteiger partial charge in [0.1, 0.15) is 12.4 Å². The Bertz CT molecular complexity index is 995. The van der Waals surface area contributed by atoms with Crippen molar-refractivity contribution in [2.45, 2.75) is 26.9 Å². The van der Waals surface area contributed by atoms with Crippen LogP contribution in [-0.2, 0) is 13.7 Å². The number of rotatable bonds is 5. The van der Waals surface area contributed by atoms with Crippen LogP contribution in [0.4, 0.5) is 8.78 Å². The molecule has 0 fully saturated rings. The van der Waals surface area contributed by atoms with E-state index in [0.29, 0.717) is 11.3 Å². The predicted octanol–water partition coefficient (Wildman–Crippen LogP) is 3.10. The van der Waals surface area contributed by atoms with Crippen LogP contribution < -0.4 is 10.4 Å². The number of aryl methyl sites for hydroxylation is 3. The summed E-state index contributed by atoms with van der Waals surface area (Å²) >= 11 is 0. The number of benzene rings is 2. The Kier molecular flexibility index (Phi) is 4.83. The van der Waals surface area contributed by atoms with Crippen LogP contribution in [0.5, 0.6) is 5.75 Å². The fourth-order valence-corrected chi connectivity index (χ4v) is 2.66. The number of nitrogens with zero attached hydrogens (tertiary/aromatic N) is 4. The Labute approximate surface area is 148 Å². The van der Waals surface area contributed by atoms with E-state index in [-0.39, 0.29) is 17.9 Å². The van der Waals surface area contributed by atoms with Gasteiger partial charge in [-0.25, -0.2) is 13.6 Å². The Morgan fingerprint density at radius 1 is 1.15 bits per heavy atom. The summed E-state index contributed by atoms with van der Waals surface area (Å²) in [5.41, 5.74) is 2.21. The summed E-state index contributed by atoms with van der Waals surface area (Å²) in [5.74, 6) is 0.117. The minimum Gasteiger partial charge on any atom is -0.488 e. The first kappa shape index (κ1) is 17.8. The monoisotopic (exact) mass is 360 g/mol. The van der Waals surface area contributed by atoms with E-state index in [9.17, 15) is 13.6 Å². The summed E-state index contributed by atoms with van der Waals surface area (Å²) < 4.78 is 34.5. The molecule has 0 spiro atoms. The molecule has 6 nitrogen and oxygen atoms in total. The van der Waals surface area contributed by atoms with Gasteiger partial charge in [-0.05, 0) is 48.0 Å². The van der Waals surface area contributed by atoms with Crippen LogP contribution in [0.25, 0.3) is 5.69 Å². The van der Waals surface area contributed by atoms with Crippen molar-refractivity contribution in [3.8, 4) is 11.4 Å². The number of aromatic nitrogens is 4. The van der Waals surface area contributed by atoms with E-state index >= 15 is 0 Å². The SMILES string of the molecule is Cc1ccc(OCc2c(C)cccc2-n2nnn(C)c2=O)c(C(F)F)c1. The number of tetrazole rings is 1. The minimum absolute atomic E-state index is 0.0216. The zero-order chi connectivity index (χ0) is 18.8. The lowest BCUT2D eigenvalue weighted by molar-refractivity contribution is 0.144. The standard InChI is InChI=1S/C18H18F2N4O2/c1-11-7-8-16(13(9-11)17(19)20)26-10-14-12(2)5-4-6-15(14)24-18(25)23(3)21-22-24/h4-9,17H,10H2,1-3H3. The second-order valence-electron chi connectivity index (χ2n) is 6.00. The lowest BCUT2D eigenvalue weighted by atomic mass is 10.1. The quantitative estimate of drug-likeness (QED) is 0.701. The third-order valence-electron chi connectivity index (χ3n) is 4.11. The van der Waals surface area contributed by atoms with Crippen molar-refractivity contribution in [3.05, 3.63) is 69.1 Å². The van der Waals surface area contributed by atoms with Crippen molar-refractivity contribution < 1.29 is 13.5 Å². The smallest absolute Gasteiger partial charge is 0.368 e. The third kappa shape index (κ3) is 3.35. The average molecular weight is 360 g/mol. The highest BCUT2D eigenvalue weighted by molar-refractivity contribution is 5.45. The molecular weight excluding hydrogens is 342 g/mol. The lowest BCUT2D eigenvalue weighted by Crippen LogP contribution is -2.23. The van der Waals surface area contributed by atoms with Gasteiger partial charge in [0.15, 0.2) is 0 Å². The molecule has 0 saturated carbocycles. The van der Waals surface area contributed by atoms with Crippen LogP contribution in [0.2, 0.25) is 0 Å². The van der Waals surface area contributed by atoms with Crippen molar-refractivity contribution in [2.75, 3.05) is 0 Å². The molecule has 0 amide bonds. The fourth-order valence-electron chi connectivity index (χ4n) is 2.66. The second kappa shape index (κ2) is 7.07. The molecule has 1 heterocycles. The molecule has 3 rings (SSSR count). The van der Waals surface area contributed by atoms with E-state index in [2.05, 4.69) is 10.4 Å². The molecule has 8 heteroatoms. The Balaban J connectivity index is 1.97. The Morgan fingerprint density at radius 3 is 2.58 bits per heavy atom. The fraction of sp³-hybridized carbons (Fsp3) is 0.278. The van der Waals surface area contributed by atoms with Gasteiger partial charge in [-0.3, -0.25) is 0 Å². The molecule has 1 aromatic heterocycles. The van der Waals surface area contributed by atoms with E-state index in [1.54, 1.807) is 25.1 Å². The second-order valence-corrected chi connectivity index (χ2v) is 6.00. The molecule has 0 unspecified atom stereocenters. The summed E-state index contributed by atoms with van der Waals surface area (Å²) in [6, 6.07) is 10.0. The van der Waals surface area contributed by atoms with Gasteiger partial charge < -0.3 is 4.74 Å². The van der Waals surface area contributed by atoms with Crippen molar-refractivity contribution in [1.82, 2.24) is 19.8 Å². The van der Waals surface area contributed by atoms with Crippen molar-refractivity contribution in [1.29, 1.82) is 0 Å². The van der Waals surface area contributed by atoms with Gasteiger partial charge >= 0.3 is 5.69 Å². The van der Waals surface area contributed by atoms with Gasteiger partial charge in [0, 0.05) is 12.6 Å². The van der Waals surface area contributed by atoms with Gasteiger partial charge in [0.25, 0.3) is 6.43 Å². The molecule has 0 bridgehead atoms. The lowest BCUT2D eigenvalue weighted by Gasteiger charge is -2.15. The number of hydrogen-bond acceptors (Lipinski definition) is 4. The van der Waals surface area contributed by atoms with Crippen molar-refractivity contribution in [3.63, 3.8) is 0 Å². The number of halogens is 2. The molecule has 136 valence electrons. The molecule has 0 aliphatic rings. The molecule has 3 aromatic rings. The topological polar surface area (TPSA) is 61.9 Å². The average Bonchev–Trinajstić information content (AvgIpc) is 2.93. The van der Waals surface area contributed by atoms with E-state index in [1.807, 2.05) is 13.0 Å². The molecule has 26 heavy (non-hydrogen) atoms. The zero-order valence-electron chi connectivity index (χ0n) is 14.6. The molecule has 0 saturated heterocycles. The molecule has 2 aromatic carbocycles. The maximum absolute atomic E-state index is 13.3. The van der Waals surface area contributed by atoms with Crippen LogP contribution in [0.15, 0.2) is 41.2 Å². The molecule has 0 radical (unpaired) electrons. The zero-order valence-corrected chi connectivity index (χ0v) is 14.6. The van der Waals surface area contributed by atoms with Crippen LogP contribution >= 0.6 is 0 Å². The summed E-state index contributed by atoms with van der Waals surface area (Å²) in [6.45, 7) is 3.62. The molecule has 0 aliphatic carbocycles. The van der Waals surface area contributed by atoms with Crippen molar-refractivity contribution >= 4 is 0 Å². The first-order valence-electron chi connectivity index (χ1n) is 7.98. The van der Waals surface area contributed by atoms with Gasteiger partial charge in [-0.1, -0.05) is 23.8 Å². The van der Waals surface area contributed by atoms with Gasteiger partial charge in [0.05, 0.1) is 11.3 Å². The summed E-state index contributed by atoms with van der Waals surface area (Å²) in [6.07, 6.45) is -2.64. The molecule has 0 atom stereocenters. The molecular formula is C18H18F2N4O2. The number of alkyl halides is 2. The highest BCUT2D eigenvalue weighted by Gasteiger charge is 2.17.